The highest BCUT2D eigenvalue weighted by molar-refractivity contribution is 6.04. The first kappa shape index (κ1) is 20.0. The number of pyridine rings is 1. The van der Waals surface area contributed by atoms with Crippen LogP contribution in [0.5, 0.6) is 0 Å². The molecule has 4 rings (SSSR count). The maximum absolute atomic E-state index is 12.6. The summed E-state index contributed by atoms with van der Waals surface area (Å²) in [6.45, 7) is 2.00. The molecule has 1 saturated carbocycles. The highest BCUT2D eigenvalue weighted by Crippen LogP contribution is 2.23. The van der Waals surface area contributed by atoms with Crippen molar-refractivity contribution in [3.63, 3.8) is 0 Å². The van der Waals surface area contributed by atoms with Gasteiger partial charge in [0, 0.05) is 23.1 Å². The molecule has 0 unspecified atom stereocenters. The van der Waals surface area contributed by atoms with Crippen molar-refractivity contribution in [1.82, 2.24) is 4.98 Å². The van der Waals surface area contributed by atoms with Crippen LogP contribution in [-0.2, 0) is 0 Å². The minimum absolute atomic E-state index is 0.0933. The summed E-state index contributed by atoms with van der Waals surface area (Å²) in [6.07, 6.45) is 6.31. The number of carbonyl (C=O) groups is 1. The number of aromatic nitrogens is 1. The van der Waals surface area contributed by atoms with Gasteiger partial charge in [-0.15, -0.1) is 0 Å². The van der Waals surface area contributed by atoms with E-state index in [0.717, 1.165) is 16.8 Å². The smallest absolute Gasteiger partial charge is 0.261 e. The Labute approximate surface area is 176 Å². The third-order valence-corrected chi connectivity index (χ3v) is 5.60. The van der Waals surface area contributed by atoms with E-state index in [9.17, 15) is 9.59 Å². The Balaban J connectivity index is 1.42. The third-order valence-electron chi connectivity index (χ3n) is 5.60. The van der Waals surface area contributed by atoms with Crippen molar-refractivity contribution in [2.45, 2.75) is 45.1 Å². The van der Waals surface area contributed by atoms with Gasteiger partial charge in [-0.05, 0) is 67.8 Å². The van der Waals surface area contributed by atoms with Gasteiger partial charge in [-0.1, -0.05) is 43.0 Å². The second-order valence-electron chi connectivity index (χ2n) is 8.00. The Morgan fingerprint density at radius 2 is 1.67 bits per heavy atom. The van der Waals surface area contributed by atoms with Crippen molar-refractivity contribution in [1.29, 1.82) is 0 Å². The van der Waals surface area contributed by atoms with Crippen molar-refractivity contribution >= 4 is 17.3 Å². The summed E-state index contributed by atoms with van der Waals surface area (Å²) in [5.74, 6) is -0.417. The molecule has 0 aliphatic heterocycles. The van der Waals surface area contributed by atoms with Crippen molar-refractivity contribution < 1.29 is 4.79 Å². The fourth-order valence-electron chi connectivity index (χ4n) is 3.96. The van der Waals surface area contributed by atoms with E-state index in [-0.39, 0.29) is 5.56 Å². The average Bonchev–Trinajstić information content (AvgIpc) is 2.76. The van der Waals surface area contributed by atoms with Gasteiger partial charge in [0.25, 0.3) is 11.5 Å². The van der Waals surface area contributed by atoms with Crippen molar-refractivity contribution in [3.8, 4) is 11.3 Å². The summed E-state index contributed by atoms with van der Waals surface area (Å²) in [7, 11) is 0. The molecular weight excluding hydrogens is 374 g/mol. The molecule has 5 nitrogen and oxygen atoms in total. The van der Waals surface area contributed by atoms with Crippen LogP contribution >= 0.6 is 0 Å². The summed E-state index contributed by atoms with van der Waals surface area (Å²) in [6, 6.07) is 19.4. The van der Waals surface area contributed by atoms with E-state index >= 15 is 0 Å². The SMILES string of the molecule is Cc1cccc(-c2ccc(C(=O)Nc3ccc(NC4CCCCC4)cc3)c(=O)[nH]2)c1. The second-order valence-corrected chi connectivity index (χ2v) is 8.00. The lowest BCUT2D eigenvalue weighted by molar-refractivity contribution is 0.102. The summed E-state index contributed by atoms with van der Waals surface area (Å²) in [5, 5.41) is 6.37. The molecule has 0 saturated heterocycles. The Morgan fingerprint density at radius 1 is 0.933 bits per heavy atom. The molecule has 0 atom stereocenters. The zero-order valence-electron chi connectivity index (χ0n) is 17.2. The van der Waals surface area contributed by atoms with Crippen molar-refractivity contribution in [3.05, 3.63) is 82.1 Å². The van der Waals surface area contributed by atoms with Crippen LogP contribution in [0.3, 0.4) is 0 Å². The second kappa shape index (κ2) is 8.99. The number of benzene rings is 2. The van der Waals surface area contributed by atoms with E-state index in [4.69, 9.17) is 0 Å². The van der Waals surface area contributed by atoms with Gasteiger partial charge in [-0.3, -0.25) is 9.59 Å². The Morgan fingerprint density at radius 3 is 2.37 bits per heavy atom. The average molecular weight is 402 g/mol. The highest BCUT2D eigenvalue weighted by Gasteiger charge is 2.14. The van der Waals surface area contributed by atoms with Crippen LogP contribution in [-0.4, -0.2) is 16.9 Å². The zero-order chi connectivity index (χ0) is 20.9. The van der Waals surface area contributed by atoms with Gasteiger partial charge in [-0.25, -0.2) is 0 Å². The van der Waals surface area contributed by atoms with Crippen LogP contribution < -0.4 is 16.2 Å². The number of rotatable bonds is 5. The molecule has 30 heavy (non-hydrogen) atoms. The molecule has 1 aliphatic carbocycles. The summed E-state index contributed by atoms with van der Waals surface area (Å²) in [4.78, 5) is 27.9. The first-order valence-corrected chi connectivity index (χ1v) is 10.6. The quantitative estimate of drug-likeness (QED) is 0.540. The van der Waals surface area contributed by atoms with Crippen LogP contribution in [0, 0.1) is 6.92 Å². The van der Waals surface area contributed by atoms with Gasteiger partial charge in [0.1, 0.15) is 5.56 Å². The normalized spacial score (nSPS) is 14.3. The van der Waals surface area contributed by atoms with Gasteiger partial charge in [0.15, 0.2) is 0 Å². The zero-order valence-corrected chi connectivity index (χ0v) is 17.2. The molecule has 0 radical (unpaired) electrons. The number of amides is 1. The maximum Gasteiger partial charge on any atom is 0.261 e. The van der Waals surface area contributed by atoms with Crippen LogP contribution in [0.25, 0.3) is 11.3 Å². The van der Waals surface area contributed by atoms with E-state index in [1.54, 1.807) is 12.1 Å². The number of anilines is 2. The van der Waals surface area contributed by atoms with Gasteiger partial charge in [0.2, 0.25) is 0 Å². The molecular formula is C25H27N3O2. The van der Waals surface area contributed by atoms with E-state index in [0.29, 0.717) is 17.4 Å². The third kappa shape index (κ3) is 4.79. The number of hydrogen-bond donors (Lipinski definition) is 3. The van der Waals surface area contributed by atoms with Crippen LogP contribution in [0.15, 0.2) is 65.5 Å². The number of hydrogen-bond acceptors (Lipinski definition) is 3. The maximum atomic E-state index is 12.6. The summed E-state index contributed by atoms with van der Waals surface area (Å²) >= 11 is 0. The predicted octanol–water partition coefficient (Wildman–Crippen LogP) is 5.35. The van der Waals surface area contributed by atoms with Gasteiger partial charge in [-0.2, -0.15) is 0 Å². The van der Waals surface area contributed by atoms with E-state index in [2.05, 4.69) is 15.6 Å². The Bertz CT molecular complexity index is 1080. The Hall–Kier alpha value is -3.34. The monoisotopic (exact) mass is 401 g/mol. The molecule has 154 valence electrons. The first-order valence-electron chi connectivity index (χ1n) is 10.6. The van der Waals surface area contributed by atoms with Crippen molar-refractivity contribution in [2.75, 3.05) is 10.6 Å². The minimum Gasteiger partial charge on any atom is -0.382 e. The molecule has 0 bridgehead atoms. The van der Waals surface area contributed by atoms with Crippen LogP contribution in [0.2, 0.25) is 0 Å². The highest BCUT2D eigenvalue weighted by atomic mass is 16.2. The number of aromatic amines is 1. The summed E-state index contributed by atoms with van der Waals surface area (Å²) < 4.78 is 0. The summed E-state index contributed by atoms with van der Waals surface area (Å²) in [5.41, 5.74) is 4.13. The van der Waals surface area contributed by atoms with Crippen LogP contribution in [0.4, 0.5) is 11.4 Å². The van der Waals surface area contributed by atoms with Crippen molar-refractivity contribution in [2.24, 2.45) is 0 Å². The number of aryl methyl sites for hydroxylation is 1. The topological polar surface area (TPSA) is 74.0 Å². The predicted molar refractivity (Wildman–Crippen MR) is 122 cm³/mol. The molecule has 2 aromatic carbocycles. The number of carbonyl (C=O) groups excluding carboxylic acids is 1. The Kier molecular flexibility index (Phi) is 5.98. The lowest BCUT2D eigenvalue weighted by Gasteiger charge is -2.23. The fourth-order valence-corrected chi connectivity index (χ4v) is 3.96. The molecule has 1 heterocycles. The number of H-pyrrole nitrogens is 1. The molecule has 1 amide bonds. The molecule has 1 fully saturated rings. The molecule has 1 aliphatic rings. The minimum atomic E-state index is -0.417. The van der Waals surface area contributed by atoms with Gasteiger partial charge in [0.05, 0.1) is 0 Å². The standard InChI is InChI=1S/C25H27N3O2/c1-17-6-5-7-18(16-17)23-15-14-22(25(30)28-23)24(29)27-21-12-10-20(11-13-21)26-19-8-3-2-4-9-19/h5-7,10-16,19,26H,2-4,8-9H2,1H3,(H,27,29)(H,28,30). The van der Waals surface area contributed by atoms with E-state index in [1.165, 1.54) is 32.1 Å². The lowest BCUT2D eigenvalue weighted by Crippen LogP contribution is -2.23. The van der Waals surface area contributed by atoms with E-state index in [1.807, 2.05) is 55.5 Å². The molecule has 5 heteroatoms. The molecule has 3 aromatic rings. The molecule has 1 aromatic heterocycles. The number of nitrogens with one attached hydrogen (secondary N) is 3. The molecule has 3 N–H and O–H groups in total. The van der Waals surface area contributed by atoms with Gasteiger partial charge >= 0.3 is 0 Å². The van der Waals surface area contributed by atoms with E-state index < -0.39 is 11.5 Å². The van der Waals surface area contributed by atoms with Crippen LogP contribution in [0.1, 0.15) is 48.0 Å². The fraction of sp³-hybridized carbons (Fsp3) is 0.280. The largest absolute Gasteiger partial charge is 0.382 e. The molecule has 0 spiro atoms. The first-order chi connectivity index (χ1) is 14.6. The van der Waals surface area contributed by atoms with Gasteiger partial charge < -0.3 is 15.6 Å². The lowest BCUT2D eigenvalue weighted by atomic mass is 9.95.